The second-order valence-corrected chi connectivity index (χ2v) is 4.17. The van der Waals surface area contributed by atoms with Crippen LogP contribution in [0.15, 0.2) is 24.4 Å². The van der Waals surface area contributed by atoms with E-state index in [1.165, 1.54) is 16.8 Å². The molecule has 0 saturated heterocycles. The summed E-state index contributed by atoms with van der Waals surface area (Å²) in [6.45, 7) is 8.47. The summed E-state index contributed by atoms with van der Waals surface area (Å²) >= 11 is 0. The lowest BCUT2D eigenvalue weighted by Crippen LogP contribution is -1.94. The molecule has 0 spiro atoms. The molecule has 84 valence electrons. The van der Waals surface area contributed by atoms with Crippen LogP contribution >= 0.6 is 0 Å². The molecule has 0 unspecified atom stereocenters. The number of fused-ring (bicyclic) bond motifs is 1. The van der Waals surface area contributed by atoms with Crippen molar-refractivity contribution >= 4 is 11.2 Å². The van der Waals surface area contributed by atoms with Crippen LogP contribution in [0.2, 0.25) is 0 Å². The van der Waals surface area contributed by atoms with Gasteiger partial charge < -0.3 is 4.40 Å². The van der Waals surface area contributed by atoms with E-state index in [1.54, 1.807) is 0 Å². The smallest absolute Gasteiger partial charge is 0.137 e. The molecule has 16 heavy (non-hydrogen) atoms. The topological polar surface area (TPSA) is 17.3 Å². The molecule has 0 aliphatic rings. The van der Waals surface area contributed by atoms with Crippen LogP contribution in [0.4, 0.5) is 0 Å². The molecule has 0 N–H and O–H groups in total. The lowest BCUT2D eigenvalue weighted by molar-refractivity contribution is 0.982. The highest BCUT2D eigenvalue weighted by molar-refractivity contribution is 5.65. The van der Waals surface area contributed by atoms with Gasteiger partial charge in [0.05, 0.1) is 5.69 Å². The molecule has 2 rings (SSSR count). The average molecular weight is 214 g/mol. The molecule has 2 nitrogen and oxygen atoms in total. The molecule has 0 aliphatic carbocycles. The third kappa shape index (κ3) is 1.64. The van der Waals surface area contributed by atoms with Gasteiger partial charge in [0.2, 0.25) is 0 Å². The van der Waals surface area contributed by atoms with Crippen molar-refractivity contribution in [1.82, 2.24) is 9.38 Å². The number of pyridine rings is 1. The summed E-state index contributed by atoms with van der Waals surface area (Å²) in [6.07, 6.45) is 5.28. The number of aryl methyl sites for hydroxylation is 2. The lowest BCUT2D eigenvalue weighted by Gasteiger charge is -2.02. The quantitative estimate of drug-likeness (QED) is 0.746. The van der Waals surface area contributed by atoms with Gasteiger partial charge in [0.25, 0.3) is 0 Å². The Morgan fingerprint density at radius 3 is 2.81 bits per heavy atom. The van der Waals surface area contributed by atoms with Crippen molar-refractivity contribution in [2.45, 2.75) is 34.1 Å². The van der Waals surface area contributed by atoms with E-state index < -0.39 is 0 Å². The standard InChI is InChI=1S/C14H18N2/c1-5-11(4)14-12(6-2)16-9-10(3)7-8-13(16)15-14/h5,7-9H,6H2,1-4H3/b11-5+. The fraction of sp³-hybridized carbons (Fsp3) is 0.357. The van der Waals surface area contributed by atoms with Gasteiger partial charge in [0, 0.05) is 11.9 Å². The van der Waals surface area contributed by atoms with Crippen LogP contribution < -0.4 is 0 Å². The summed E-state index contributed by atoms with van der Waals surface area (Å²) in [5.41, 5.74) is 5.99. The maximum absolute atomic E-state index is 4.69. The fourth-order valence-corrected chi connectivity index (χ4v) is 1.99. The zero-order valence-electron chi connectivity index (χ0n) is 10.4. The van der Waals surface area contributed by atoms with Gasteiger partial charge in [0.1, 0.15) is 5.65 Å². The summed E-state index contributed by atoms with van der Waals surface area (Å²) in [7, 11) is 0. The van der Waals surface area contributed by atoms with E-state index in [1.807, 2.05) is 0 Å². The van der Waals surface area contributed by atoms with E-state index in [-0.39, 0.29) is 0 Å². The van der Waals surface area contributed by atoms with Gasteiger partial charge >= 0.3 is 0 Å². The molecule has 2 aromatic rings. The first-order valence-electron chi connectivity index (χ1n) is 5.78. The van der Waals surface area contributed by atoms with Gasteiger partial charge in [-0.15, -0.1) is 0 Å². The van der Waals surface area contributed by atoms with Gasteiger partial charge in [-0.25, -0.2) is 4.98 Å². The van der Waals surface area contributed by atoms with Crippen molar-refractivity contribution in [3.05, 3.63) is 41.4 Å². The van der Waals surface area contributed by atoms with Gasteiger partial charge in [-0.1, -0.05) is 19.1 Å². The third-order valence-corrected chi connectivity index (χ3v) is 3.01. The zero-order valence-corrected chi connectivity index (χ0v) is 10.4. The summed E-state index contributed by atoms with van der Waals surface area (Å²) in [5.74, 6) is 0. The molecule has 0 aliphatic heterocycles. The molecule has 0 amide bonds. The van der Waals surface area contributed by atoms with Crippen LogP contribution in [0, 0.1) is 6.92 Å². The van der Waals surface area contributed by atoms with Crippen LogP contribution in [0.1, 0.15) is 37.7 Å². The van der Waals surface area contributed by atoms with Gasteiger partial charge in [-0.05, 0) is 44.4 Å². The molecule has 2 heteroatoms. The number of allylic oxidation sites excluding steroid dienone is 2. The summed E-state index contributed by atoms with van der Waals surface area (Å²) in [6, 6.07) is 4.19. The van der Waals surface area contributed by atoms with Crippen LogP contribution in [0.3, 0.4) is 0 Å². The van der Waals surface area contributed by atoms with Crippen molar-refractivity contribution in [3.63, 3.8) is 0 Å². The minimum atomic E-state index is 1.01. The highest BCUT2D eigenvalue weighted by atomic mass is 15.0. The number of hydrogen-bond donors (Lipinski definition) is 0. The number of nitrogens with zero attached hydrogens (tertiary/aromatic N) is 2. The molecule has 0 aromatic carbocycles. The van der Waals surface area contributed by atoms with E-state index in [4.69, 9.17) is 4.98 Å². The van der Waals surface area contributed by atoms with Gasteiger partial charge in [0.15, 0.2) is 0 Å². The molecule has 2 aromatic heterocycles. The highest BCUT2D eigenvalue weighted by Crippen LogP contribution is 2.21. The second kappa shape index (κ2) is 4.12. The molecule has 0 atom stereocenters. The Labute approximate surface area is 96.6 Å². The lowest BCUT2D eigenvalue weighted by atomic mass is 10.1. The predicted octanol–water partition coefficient (Wildman–Crippen LogP) is 3.63. The molecule has 0 fully saturated rings. The van der Waals surface area contributed by atoms with E-state index in [0.29, 0.717) is 0 Å². The minimum absolute atomic E-state index is 1.01. The Hall–Kier alpha value is -1.57. The molecule has 0 radical (unpaired) electrons. The monoisotopic (exact) mass is 214 g/mol. The van der Waals surface area contributed by atoms with Crippen molar-refractivity contribution in [2.75, 3.05) is 0 Å². The first kappa shape index (κ1) is 10.9. The number of imidazole rings is 1. The predicted molar refractivity (Wildman–Crippen MR) is 68.6 cm³/mol. The van der Waals surface area contributed by atoms with Crippen LogP contribution in [-0.4, -0.2) is 9.38 Å². The SMILES string of the molecule is C/C=C(\C)c1nc2ccc(C)cn2c1CC. The Balaban J connectivity index is 2.76. The molecular formula is C14H18N2. The van der Waals surface area contributed by atoms with Crippen molar-refractivity contribution in [3.8, 4) is 0 Å². The summed E-state index contributed by atoms with van der Waals surface area (Å²) < 4.78 is 2.21. The Morgan fingerprint density at radius 2 is 2.19 bits per heavy atom. The Kier molecular flexibility index (Phi) is 2.82. The Bertz CT molecular complexity index is 547. The number of rotatable bonds is 2. The van der Waals surface area contributed by atoms with Gasteiger partial charge in [-0.3, -0.25) is 0 Å². The van der Waals surface area contributed by atoms with Crippen molar-refractivity contribution in [1.29, 1.82) is 0 Å². The van der Waals surface area contributed by atoms with E-state index in [9.17, 15) is 0 Å². The number of hydrogen-bond acceptors (Lipinski definition) is 1. The van der Waals surface area contributed by atoms with E-state index >= 15 is 0 Å². The van der Waals surface area contributed by atoms with Crippen molar-refractivity contribution in [2.24, 2.45) is 0 Å². The maximum Gasteiger partial charge on any atom is 0.137 e. The zero-order chi connectivity index (χ0) is 11.7. The average Bonchev–Trinajstić information content (AvgIpc) is 2.65. The molecule has 0 bridgehead atoms. The van der Waals surface area contributed by atoms with Gasteiger partial charge in [-0.2, -0.15) is 0 Å². The Morgan fingerprint density at radius 1 is 1.44 bits per heavy atom. The molecular weight excluding hydrogens is 196 g/mol. The normalized spacial score (nSPS) is 12.4. The largest absolute Gasteiger partial charge is 0.303 e. The first-order valence-corrected chi connectivity index (χ1v) is 5.78. The van der Waals surface area contributed by atoms with E-state index in [0.717, 1.165) is 17.8 Å². The fourth-order valence-electron chi connectivity index (χ4n) is 1.99. The summed E-state index contributed by atoms with van der Waals surface area (Å²) in [5, 5.41) is 0. The molecule has 2 heterocycles. The summed E-state index contributed by atoms with van der Waals surface area (Å²) in [4.78, 5) is 4.69. The third-order valence-electron chi connectivity index (χ3n) is 3.01. The number of aromatic nitrogens is 2. The highest BCUT2D eigenvalue weighted by Gasteiger charge is 2.11. The van der Waals surface area contributed by atoms with Crippen LogP contribution in [-0.2, 0) is 6.42 Å². The van der Waals surface area contributed by atoms with Crippen LogP contribution in [0.25, 0.3) is 11.2 Å². The maximum atomic E-state index is 4.69. The van der Waals surface area contributed by atoms with Crippen molar-refractivity contribution < 1.29 is 0 Å². The molecule has 0 saturated carbocycles. The second-order valence-electron chi connectivity index (χ2n) is 4.17. The minimum Gasteiger partial charge on any atom is -0.303 e. The first-order chi connectivity index (χ1) is 7.67. The van der Waals surface area contributed by atoms with E-state index in [2.05, 4.69) is 56.5 Å². The van der Waals surface area contributed by atoms with Crippen LogP contribution in [0.5, 0.6) is 0 Å².